The Kier molecular flexibility index (Phi) is 3.37. The zero-order valence-corrected chi connectivity index (χ0v) is 11.9. The molecule has 0 radical (unpaired) electrons. The molecule has 0 aromatic heterocycles. The molecule has 0 saturated carbocycles. The summed E-state index contributed by atoms with van der Waals surface area (Å²) in [4.78, 5) is 5.84. The molecule has 2 heterocycles. The van der Waals surface area contributed by atoms with E-state index in [-0.39, 0.29) is 0 Å². The average molecular weight is 262 g/mol. The Morgan fingerprint density at radius 1 is 0.500 bits per heavy atom. The summed E-state index contributed by atoms with van der Waals surface area (Å²) in [5.74, 6) is 0. The van der Waals surface area contributed by atoms with Gasteiger partial charge in [-0.15, -0.1) is 0 Å². The van der Waals surface area contributed by atoms with Crippen LogP contribution in [0.5, 0.6) is 0 Å². The predicted molar refractivity (Wildman–Crippen MR) is 74.1 cm³/mol. The van der Waals surface area contributed by atoms with E-state index in [1.54, 1.807) is 0 Å². The molecule has 0 N–H and O–H groups in total. The van der Waals surface area contributed by atoms with Crippen molar-refractivity contribution in [1.82, 2.24) is 0 Å². The van der Waals surface area contributed by atoms with Crippen LogP contribution >= 0.6 is 47.0 Å². The minimum Gasteiger partial charge on any atom is -0.0849 e. The van der Waals surface area contributed by atoms with E-state index in [4.69, 9.17) is 0 Å². The van der Waals surface area contributed by atoms with Gasteiger partial charge < -0.3 is 0 Å². The van der Waals surface area contributed by atoms with E-state index >= 15 is 0 Å². The molecule has 0 aliphatic carbocycles. The van der Waals surface area contributed by atoms with Gasteiger partial charge in [0, 0.05) is 0 Å². The Morgan fingerprint density at radius 2 is 0.714 bits per heavy atom. The number of thioether (sulfide) groups is 4. The molecule has 0 unspecified atom stereocenters. The van der Waals surface area contributed by atoms with Crippen LogP contribution in [0.15, 0.2) is 28.1 Å². The fourth-order valence-corrected chi connectivity index (χ4v) is 6.41. The maximum atomic E-state index is 2.21. The summed E-state index contributed by atoms with van der Waals surface area (Å²) in [5, 5.41) is 0. The number of hydrogen-bond acceptors (Lipinski definition) is 4. The minimum absolute atomic E-state index is 1.46. The van der Waals surface area contributed by atoms with Crippen molar-refractivity contribution >= 4 is 47.0 Å². The molecule has 2 aliphatic heterocycles. The molecule has 0 aromatic carbocycles. The maximum Gasteiger partial charge on any atom is 0.0699 e. The molecule has 0 atom stereocenters. The highest BCUT2D eigenvalue weighted by Crippen LogP contribution is 2.59. The molecular weight excluding hydrogens is 250 g/mol. The molecule has 2 aliphatic rings. The summed E-state index contributed by atoms with van der Waals surface area (Å²) in [6, 6.07) is 0. The topological polar surface area (TPSA) is 0 Å². The zero-order valence-electron chi connectivity index (χ0n) is 8.63. The molecule has 0 saturated heterocycles. The third kappa shape index (κ3) is 2.08. The fraction of sp³-hybridized carbons (Fsp3) is 0.400. The highest BCUT2D eigenvalue weighted by Gasteiger charge is 2.23. The fourth-order valence-electron chi connectivity index (χ4n) is 1.05. The van der Waals surface area contributed by atoms with Crippen molar-refractivity contribution in [3.63, 3.8) is 0 Å². The van der Waals surface area contributed by atoms with E-state index in [0.717, 1.165) is 0 Å². The second-order valence-corrected chi connectivity index (χ2v) is 8.62. The smallest absolute Gasteiger partial charge is 0.0699 e. The quantitative estimate of drug-likeness (QED) is 0.523. The van der Waals surface area contributed by atoms with E-state index in [0.29, 0.717) is 0 Å². The molecule has 0 aromatic rings. The number of hydrogen-bond donors (Lipinski definition) is 0. The first-order valence-corrected chi connectivity index (χ1v) is 7.65. The Bertz CT molecular complexity index is 306. The molecule has 2 rings (SSSR count). The summed E-state index contributed by atoms with van der Waals surface area (Å²) >= 11 is 7.72. The predicted octanol–water partition coefficient (Wildman–Crippen LogP) is 5.58. The summed E-state index contributed by atoms with van der Waals surface area (Å²) in [6.45, 7) is 8.83. The molecule has 4 heteroatoms. The lowest BCUT2D eigenvalue weighted by molar-refractivity contribution is 1.57. The van der Waals surface area contributed by atoms with E-state index in [1.807, 2.05) is 47.0 Å². The van der Waals surface area contributed by atoms with Gasteiger partial charge in [-0.2, -0.15) is 0 Å². The van der Waals surface area contributed by atoms with Gasteiger partial charge in [0.05, 0.1) is 8.47 Å². The molecule has 0 nitrogen and oxygen atoms in total. The molecule has 0 amide bonds. The van der Waals surface area contributed by atoms with Gasteiger partial charge >= 0.3 is 0 Å². The van der Waals surface area contributed by atoms with Gasteiger partial charge in [-0.05, 0) is 47.3 Å². The molecule has 0 bridgehead atoms. The van der Waals surface area contributed by atoms with Crippen LogP contribution in [0, 0.1) is 0 Å². The second kappa shape index (κ2) is 4.24. The van der Waals surface area contributed by atoms with E-state index in [9.17, 15) is 0 Å². The standard InChI is InChI=1S/C10H12S4/c1-5-6(2)12-9(11-5)10-13-7(3)8(4)14-10/h1-4H3/i9+1,10+1. The first-order valence-electron chi connectivity index (χ1n) is 4.38. The Hall–Kier alpha value is 0.620. The second-order valence-electron chi connectivity index (χ2n) is 3.21. The van der Waals surface area contributed by atoms with Crippen LogP contribution in [0.3, 0.4) is 0 Å². The lowest BCUT2D eigenvalue weighted by atomic mass is 10.6. The first-order chi connectivity index (χ1) is 6.58. The Morgan fingerprint density at radius 3 is 0.929 bits per heavy atom. The molecule has 76 valence electrons. The number of allylic oxidation sites excluding steroid dienone is 4. The Labute approximate surface area is 102 Å². The van der Waals surface area contributed by atoms with Gasteiger partial charge in [-0.3, -0.25) is 0 Å². The van der Waals surface area contributed by atoms with Crippen LogP contribution in [0.25, 0.3) is 0 Å². The van der Waals surface area contributed by atoms with E-state index in [1.165, 1.54) is 28.1 Å². The minimum atomic E-state index is 1.46. The SMILES string of the molecule is CC1=C(C)S[13C](=[13C]2SC(C)=C(C)S2)S1. The van der Waals surface area contributed by atoms with Crippen molar-refractivity contribution in [3.05, 3.63) is 28.1 Å². The van der Waals surface area contributed by atoms with Crippen LogP contribution in [0.2, 0.25) is 0 Å². The van der Waals surface area contributed by atoms with Crippen LogP contribution in [-0.4, -0.2) is 0 Å². The van der Waals surface area contributed by atoms with Gasteiger partial charge in [-0.1, -0.05) is 47.0 Å². The van der Waals surface area contributed by atoms with E-state index < -0.39 is 0 Å². The molecule has 14 heavy (non-hydrogen) atoms. The van der Waals surface area contributed by atoms with Gasteiger partial charge in [0.1, 0.15) is 0 Å². The summed E-state index contributed by atoms with van der Waals surface area (Å²) in [7, 11) is 0. The van der Waals surface area contributed by atoms with Crippen molar-refractivity contribution in [1.29, 1.82) is 0 Å². The highest BCUT2D eigenvalue weighted by atomic mass is 32.2. The molecular formula is C10H12S4. The zero-order chi connectivity index (χ0) is 10.3. The van der Waals surface area contributed by atoms with Crippen molar-refractivity contribution in [2.24, 2.45) is 0 Å². The van der Waals surface area contributed by atoms with Crippen LogP contribution < -0.4 is 0 Å². The lowest BCUT2D eigenvalue weighted by Crippen LogP contribution is -1.66. The van der Waals surface area contributed by atoms with Crippen molar-refractivity contribution < 1.29 is 0 Å². The van der Waals surface area contributed by atoms with Gasteiger partial charge in [0.15, 0.2) is 0 Å². The monoisotopic (exact) mass is 262 g/mol. The largest absolute Gasteiger partial charge is 0.0849 e. The maximum absolute atomic E-state index is 2.21. The average Bonchev–Trinajstić information content (AvgIpc) is 2.60. The van der Waals surface area contributed by atoms with Crippen LogP contribution in [0.1, 0.15) is 27.7 Å². The summed E-state index contributed by atoms with van der Waals surface area (Å²) < 4.78 is 2.96. The third-order valence-corrected chi connectivity index (χ3v) is 7.92. The van der Waals surface area contributed by atoms with Crippen molar-refractivity contribution in [3.8, 4) is 0 Å². The van der Waals surface area contributed by atoms with Crippen LogP contribution in [-0.2, 0) is 0 Å². The van der Waals surface area contributed by atoms with Gasteiger partial charge in [-0.25, -0.2) is 0 Å². The van der Waals surface area contributed by atoms with E-state index in [2.05, 4.69) is 27.7 Å². The van der Waals surface area contributed by atoms with Crippen molar-refractivity contribution in [2.45, 2.75) is 27.7 Å². The Balaban J connectivity index is 2.17. The van der Waals surface area contributed by atoms with Crippen LogP contribution in [0.4, 0.5) is 0 Å². The molecule has 0 spiro atoms. The summed E-state index contributed by atoms with van der Waals surface area (Å²) in [5.41, 5.74) is 0. The van der Waals surface area contributed by atoms with Gasteiger partial charge in [0.25, 0.3) is 0 Å². The van der Waals surface area contributed by atoms with Gasteiger partial charge in [0.2, 0.25) is 0 Å². The lowest BCUT2D eigenvalue weighted by Gasteiger charge is -2.00. The third-order valence-electron chi connectivity index (χ3n) is 2.14. The van der Waals surface area contributed by atoms with Crippen molar-refractivity contribution in [2.75, 3.05) is 0 Å². The molecule has 0 fully saturated rings. The number of rotatable bonds is 0. The normalized spacial score (nSPS) is 23.1. The highest BCUT2D eigenvalue weighted by molar-refractivity contribution is 8.34. The summed E-state index contributed by atoms with van der Waals surface area (Å²) in [6.07, 6.45) is 0. The first kappa shape index (κ1) is 11.1.